The lowest BCUT2D eigenvalue weighted by Crippen LogP contribution is -2.26. The van der Waals surface area contributed by atoms with E-state index in [-0.39, 0.29) is 10.8 Å². The lowest BCUT2D eigenvalue weighted by molar-refractivity contribution is 0.638. The van der Waals surface area contributed by atoms with E-state index in [2.05, 4.69) is 220 Å². The normalized spacial score (nSPS) is 14.5. The van der Waals surface area contributed by atoms with Gasteiger partial charge in [0.25, 0.3) is 0 Å². The maximum absolute atomic E-state index is 3.93. The molecule has 286 valence electrons. The minimum Gasteiger partial charge on any atom is -0.355 e. The van der Waals surface area contributed by atoms with Crippen LogP contribution in [0.3, 0.4) is 0 Å². The molecule has 2 aliphatic heterocycles. The van der Waals surface area contributed by atoms with Crippen molar-refractivity contribution >= 4 is 65.8 Å². The highest BCUT2D eigenvalue weighted by molar-refractivity contribution is 6.25. The van der Waals surface area contributed by atoms with Crippen LogP contribution < -0.4 is 10.6 Å². The van der Waals surface area contributed by atoms with Gasteiger partial charge < -0.3 is 10.6 Å². The predicted octanol–water partition coefficient (Wildman–Crippen LogP) is 16.1. The van der Waals surface area contributed by atoms with E-state index in [1.54, 1.807) is 0 Å². The van der Waals surface area contributed by atoms with Crippen molar-refractivity contribution in [3.05, 3.63) is 204 Å². The number of fused-ring (bicyclic) bond motifs is 9. The fraction of sp³-hybridized carbons (Fsp3) is 0.103. The molecule has 2 heterocycles. The van der Waals surface area contributed by atoms with E-state index in [9.17, 15) is 0 Å². The van der Waals surface area contributed by atoms with Crippen molar-refractivity contribution in [3.8, 4) is 33.4 Å². The van der Waals surface area contributed by atoms with Crippen LogP contribution in [0.25, 0.3) is 76.5 Å². The molecule has 2 N–H and O–H groups in total. The summed E-state index contributed by atoms with van der Waals surface area (Å²) < 4.78 is 0. The Labute approximate surface area is 351 Å². The third-order valence-electron chi connectivity index (χ3n) is 13.9. The predicted molar refractivity (Wildman–Crippen MR) is 256 cm³/mol. The molecule has 0 unspecified atom stereocenters. The van der Waals surface area contributed by atoms with E-state index in [0.717, 1.165) is 0 Å². The van der Waals surface area contributed by atoms with Crippen molar-refractivity contribution in [2.75, 3.05) is 10.6 Å². The van der Waals surface area contributed by atoms with E-state index in [0.29, 0.717) is 0 Å². The topological polar surface area (TPSA) is 24.1 Å². The van der Waals surface area contributed by atoms with Gasteiger partial charge in [-0.1, -0.05) is 185 Å². The van der Waals surface area contributed by atoms with E-state index >= 15 is 0 Å². The van der Waals surface area contributed by atoms with E-state index in [1.165, 1.54) is 121 Å². The van der Waals surface area contributed by atoms with Gasteiger partial charge in [0, 0.05) is 33.3 Å². The molecule has 0 spiro atoms. The maximum atomic E-state index is 3.93. The molecule has 0 saturated heterocycles. The van der Waals surface area contributed by atoms with E-state index in [4.69, 9.17) is 0 Å². The summed E-state index contributed by atoms with van der Waals surface area (Å²) in [5.74, 6) is 0. The summed E-state index contributed by atoms with van der Waals surface area (Å²) >= 11 is 0. The van der Waals surface area contributed by atoms with Gasteiger partial charge in [0.1, 0.15) is 0 Å². The average Bonchev–Trinajstić information content (AvgIpc) is 3.27. The monoisotopic (exact) mass is 768 g/mol. The number of nitrogens with one attached hydrogen (secondary N) is 2. The summed E-state index contributed by atoms with van der Waals surface area (Å²) in [5.41, 5.74) is 17.0. The van der Waals surface area contributed by atoms with E-state index < -0.39 is 0 Å². The van der Waals surface area contributed by atoms with Crippen LogP contribution in [-0.2, 0) is 10.8 Å². The fourth-order valence-corrected chi connectivity index (χ4v) is 10.9. The van der Waals surface area contributed by atoms with Gasteiger partial charge >= 0.3 is 0 Å². The molecule has 0 fully saturated rings. The molecular formula is C58H44N2. The zero-order chi connectivity index (χ0) is 40.3. The Bertz CT molecular complexity index is 3270. The number of hydrogen-bond acceptors (Lipinski definition) is 2. The van der Waals surface area contributed by atoms with Gasteiger partial charge in [-0.3, -0.25) is 0 Å². The third kappa shape index (κ3) is 4.88. The Morgan fingerprint density at radius 1 is 0.300 bits per heavy atom. The third-order valence-corrected chi connectivity index (χ3v) is 13.9. The number of benzene rings is 10. The minimum atomic E-state index is -0.168. The maximum Gasteiger partial charge on any atom is 0.0505 e. The Kier molecular flexibility index (Phi) is 7.36. The van der Waals surface area contributed by atoms with Gasteiger partial charge in [-0.05, 0) is 112 Å². The van der Waals surface area contributed by atoms with Crippen LogP contribution in [0.1, 0.15) is 49.9 Å². The number of anilines is 4. The van der Waals surface area contributed by atoms with Gasteiger partial charge in [0.15, 0.2) is 0 Å². The van der Waals surface area contributed by atoms with E-state index in [1.807, 2.05) is 0 Å². The van der Waals surface area contributed by atoms with Crippen LogP contribution in [0.15, 0.2) is 182 Å². The summed E-state index contributed by atoms with van der Waals surface area (Å²) in [4.78, 5) is 0. The zero-order valence-electron chi connectivity index (χ0n) is 34.3. The van der Waals surface area contributed by atoms with Crippen LogP contribution in [0.5, 0.6) is 0 Å². The fourth-order valence-electron chi connectivity index (χ4n) is 10.9. The molecular weight excluding hydrogens is 725 g/mol. The molecule has 2 heteroatoms. The highest BCUT2D eigenvalue weighted by Crippen LogP contribution is 2.53. The van der Waals surface area contributed by atoms with Crippen LogP contribution in [0.4, 0.5) is 22.7 Å². The lowest BCUT2D eigenvalue weighted by Gasteiger charge is -2.37. The van der Waals surface area contributed by atoms with Crippen LogP contribution >= 0.6 is 0 Å². The van der Waals surface area contributed by atoms with Gasteiger partial charge in [-0.2, -0.15) is 0 Å². The Morgan fingerprint density at radius 3 is 1.28 bits per heavy atom. The van der Waals surface area contributed by atoms with Gasteiger partial charge in [0.2, 0.25) is 0 Å². The van der Waals surface area contributed by atoms with Crippen molar-refractivity contribution in [1.82, 2.24) is 0 Å². The summed E-state index contributed by atoms with van der Waals surface area (Å²) in [6, 6.07) is 67.9. The summed E-state index contributed by atoms with van der Waals surface area (Å²) in [7, 11) is 0. The van der Waals surface area contributed by atoms with Crippen LogP contribution in [0.2, 0.25) is 0 Å². The van der Waals surface area contributed by atoms with Crippen molar-refractivity contribution < 1.29 is 0 Å². The molecule has 10 aromatic rings. The van der Waals surface area contributed by atoms with Crippen LogP contribution in [0, 0.1) is 0 Å². The molecule has 60 heavy (non-hydrogen) atoms. The van der Waals surface area contributed by atoms with Crippen molar-refractivity contribution in [2.24, 2.45) is 0 Å². The molecule has 0 atom stereocenters. The number of para-hydroxylation sites is 4. The Hall–Kier alpha value is -7.16. The number of rotatable bonds is 3. The van der Waals surface area contributed by atoms with Crippen molar-refractivity contribution in [3.63, 3.8) is 0 Å². The van der Waals surface area contributed by atoms with Gasteiger partial charge in [-0.15, -0.1) is 0 Å². The summed E-state index contributed by atoms with van der Waals surface area (Å²) in [5, 5.41) is 17.9. The summed E-state index contributed by atoms with van der Waals surface area (Å²) in [6.07, 6.45) is 0. The zero-order valence-corrected chi connectivity index (χ0v) is 34.3. The summed E-state index contributed by atoms with van der Waals surface area (Å²) in [6.45, 7) is 9.43. The molecule has 0 radical (unpaired) electrons. The molecule has 0 aromatic heterocycles. The standard InChI is InChI=1S/C58H44N2/c1-57(2)48-27-9-11-31-52(48)59-55-43(25-15-29-50(55)57)39-21-13-23-41-45(39)34-46-40(44-26-16-30-51-56(44)60-53-32-12-10-28-49(53)58(51,3)4)22-14-24-42(46)54(41)47-33-35-17-5-6-18-36(35)37-19-7-8-20-38(37)47/h5-34,59-60H,1-4H3. The first kappa shape index (κ1) is 34.8. The minimum absolute atomic E-state index is 0.168. The Balaban J connectivity index is 1.20. The smallest absolute Gasteiger partial charge is 0.0505 e. The quantitative estimate of drug-likeness (QED) is 0.138. The SMILES string of the molecule is CC1(C)c2ccccc2Nc2c(-c3cccc4c(-c5cc6ccccc6c6ccccc56)c5cccc(-c6cccc7c6Nc6ccccc6C7(C)C)c5cc34)cccc21. The van der Waals surface area contributed by atoms with Gasteiger partial charge in [-0.25, -0.2) is 0 Å². The molecule has 0 amide bonds. The van der Waals surface area contributed by atoms with Crippen molar-refractivity contribution in [2.45, 2.75) is 38.5 Å². The van der Waals surface area contributed by atoms with Crippen LogP contribution in [-0.4, -0.2) is 0 Å². The number of hydrogen-bond donors (Lipinski definition) is 2. The second-order valence-corrected chi connectivity index (χ2v) is 17.8. The molecule has 0 bridgehead atoms. The molecule has 12 rings (SSSR count). The van der Waals surface area contributed by atoms with Crippen molar-refractivity contribution in [1.29, 1.82) is 0 Å². The first-order valence-corrected chi connectivity index (χ1v) is 21.2. The average molecular weight is 769 g/mol. The Morgan fingerprint density at radius 2 is 0.717 bits per heavy atom. The molecule has 0 aliphatic carbocycles. The molecule has 2 aliphatic rings. The second kappa shape index (κ2) is 12.7. The highest BCUT2D eigenvalue weighted by Gasteiger charge is 2.35. The second-order valence-electron chi connectivity index (χ2n) is 17.8. The lowest BCUT2D eigenvalue weighted by atomic mass is 9.73. The molecule has 0 saturated carbocycles. The highest BCUT2D eigenvalue weighted by atomic mass is 14.9. The molecule has 10 aromatic carbocycles. The molecule has 2 nitrogen and oxygen atoms in total. The first-order chi connectivity index (χ1) is 29.3. The first-order valence-electron chi connectivity index (χ1n) is 21.2. The largest absolute Gasteiger partial charge is 0.355 e. The van der Waals surface area contributed by atoms with Gasteiger partial charge in [0.05, 0.1) is 11.4 Å².